The number of esters is 4. The lowest BCUT2D eigenvalue weighted by atomic mass is 10.1. The minimum absolute atomic E-state index is 0.0839. The zero-order valence-corrected chi connectivity index (χ0v) is 64.0. The SMILES string of the molecule is CCCC/C=C\CCCCCCCC(=O)OC(COC(=O)CCCCCCC/C=C\CCCCCCCC)COP(=O)(O)OCC(O)COP(=O)(O)OCC(COC(=O)CCCCCCCC/C=C\C/C=C\C/C=C\CCCCC)OC(=O)CCCCCCC/C=C\CCCCCC. The van der Waals surface area contributed by atoms with Crippen LogP contribution in [0.3, 0.4) is 0 Å². The summed E-state index contributed by atoms with van der Waals surface area (Å²) in [7, 11) is -9.95. The first-order chi connectivity index (χ1) is 47.7. The third kappa shape index (κ3) is 70.9. The fraction of sp³-hybridized carbons (Fsp3) is 0.797. The third-order valence-corrected chi connectivity index (χ3v) is 18.5. The number of hydrogen-bond donors (Lipinski definition) is 3. The average Bonchev–Trinajstić information content (AvgIpc) is 0.973. The van der Waals surface area contributed by atoms with Crippen molar-refractivity contribution < 1.29 is 80.2 Å². The second kappa shape index (κ2) is 71.9. The van der Waals surface area contributed by atoms with Crippen LogP contribution in [0.25, 0.3) is 0 Å². The number of carbonyl (C=O) groups excluding carboxylic acids is 4. The van der Waals surface area contributed by atoms with Gasteiger partial charge < -0.3 is 33.8 Å². The number of unbranched alkanes of at least 4 members (excludes halogenated alkanes) is 36. The van der Waals surface area contributed by atoms with Gasteiger partial charge in [0, 0.05) is 25.7 Å². The van der Waals surface area contributed by atoms with E-state index in [0.717, 1.165) is 173 Å². The summed E-state index contributed by atoms with van der Waals surface area (Å²) in [5.74, 6) is -2.20. The molecule has 5 unspecified atom stereocenters. The molecule has 0 heterocycles. The Morgan fingerprint density at radius 3 is 0.837 bits per heavy atom. The largest absolute Gasteiger partial charge is 0.472 e. The zero-order chi connectivity index (χ0) is 71.8. The summed E-state index contributed by atoms with van der Waals surface area (Å²) < 4.78 is 68.5. The summed E-state index contributed by atoms with van der Waals surface area (Å²) in [6.07, 6.45) is 71.7. The Balaban J connectivity index is 5.30. The highest BCUT2D eigenvalue weighted by atomic mass is 31.2. The molecule has 19 heteroatoms. The predicted octanol–water partition coefficient (Wildman–Crippen LogP) is 22.4. The minimum Gasteiger partial charge on any atom is -0.462 e. The molecule has 0 aromatic heterocycles. The molecule has 0 bridgehead atoms. The molecule has 0 spiro atoms. The number of hydrogen-bond acceptors (Lipinski definition) is 15. The standard InChI is InChI=1S/C79H142O17P2/c1-5-9-13-17-21-25-29-32-34-35-36-37-39-42-45-48-52-56-60-64-77(82)90-70-75(96-79(84)66-62-58-54-50-46-40-31-27-23-19-15-11-7-3)72-94-98(87,88)92-68-73(80)67-91-97(85,86)93-71-74(95-78(83)65-61-57-53-49-43-28-24-20-16-12-8-4)69-89-76(81)63-59-55-51-47-44-41-38-33-30-26-22-18-14-10-6-2/h20-21,24-25,27,31-34,36-38,73-75,80H,5-19,22-23,26,28-30,35,39-72H2,1-4H3,(H,85,86)(H,87,88)/b24-20-,25-21-,31-27-,34-32-,37-36-,38-33-. The van der Waals surface area contributed by atoms with Crippen LogP contribution in [0, 0.1) is 0 Å². The van der Waals surface area contributed by atoms with Crippen LogP contribution in [0.15, 0.2) is 72.9 Å². The van der Waals surface area contributed by atoms with Crippen molar-refractivity contribution in [3.05, 3.63) is 72.9 Å². The molecule has 570 valence electrons. The van der Waals surface area contributed by atoms with E-state index < -0.39 is 97.5 Å². The van der Waals surface area contributed by atoms with Crippen LogP contribution in [0.4, 0.5) is 0 Å². The lowest BCUT2D eigenvalue weighted by Crippen LogP contribution is -2.30. The zero-order valence-electron chi connectivity index (χ0n) is 62.2. The van der Waals surface area contributed by atoms with Gasteiger partial charge in [0.05, 0.1) is 26.4 Å². The van der Waals surface area contributed by atoms with E-state index in [0.29, 0.717) is 25.7 Å². The van der Waals surface area contributed by atoms with Crippen molar-refractivity contribution in [1.29, 1.82) is 0 Å². The van der Waals surface area contributed by atoms with Crippen molar-refractivity contribution in [2.24, 2.45) is 0 Å². The highest BCUT2D eigenvalue weighted by Crippen LogP contribution is 2.45. The first-order valence-corrected chi connectivity index (χ1v) is 42.2. The number of phosphoric ester groups is 2. The minimum atomic E-state index is -4.97. The van der Waals surface area contributed by atoms with E-state index in [4.69, 9.17) is 37.0 Å². The summed E-state index contributed by atoms with van der Waals surface area (Å²) in [5.41, 5.74) is 0. The molecule has 0 amide bonds. The quantitative estimate of drug-likeness (QED) is 0.0169. The number of aliphatic hydroxyl groups excluding tert-OH is 1. The molecule has 0 aliphatic heterocycles. The lowest BCUT2D eigenvalue weighted by molar-refractivity contribution is -0.161. The molecule has 0 fully saturated rings. The smallest absolute Gasteiger partial charge is 0.462 e. The summed E-state index contributed by atoms with van der Waals surface area (Å²) in [5, 5.41) is 10.6. The van der Waals surface area contributed by atoms with E-state index >= 15 is 0 Å². The fourth-order valence-electron chi connectivity index (χ4n) is 10.6. The van der Waals surface area contributed by atoms with Gasteiger partial charge in [-0.2, -0.15) is 0 Å². The highest BCUT2D eigenvalue weighted by molar-refractivity contribution is 7.47. The Morgan fingerprint density at radius 2 is 0.510 bits per heavy atom. The molecular weight excluding hydrogens is 1280 g/mol. The van der Waals surface area contributed by atoms with Crippen molar-refractivity contribution in [2.45, 2.75) is 367 Å². The molecule has 0 aliphatic carbocycles. The van der Waals surface area contributed by atoms with Gasteiger partial charge in [-0.3, -0.25) is 37.3 Å². The van der Waals surface area contributed by atoms with E-state index in [-0.39, 0.29) is 25.7 Å². The van der Waals surface area contributed by atoms with Gasteiger partial charge in [-0.05, 0) is 135 Å². The molecule has 0 aromatic carbocycles. The second-order valence-corrected chi connectivity index (χ2v) is 29.2. The van der Waals surface area contributed by atoms with Crippen molar-refractivity contribution >= 4 is 39.5 Å². The van der Waals surface area contributed by atoms with Gasteiger partial charge in [-0.15, -0.1) is 0 Å². The maximum Gasteiger partial charge on any atom is 0.472 e. The fourth-order valence-corrected chi connectivity index (χ4v) is 12.1. The summed E-state index contributed by atoms with van der Waals surface area (Å²) in [6.45, 7) is 4.78. The van der Waals surface area contributed by atoms with Crippen LogP contribution >= 0.6 is 15.6 Å². The maximum absolute atomic E-state index is 13.1. The van der Waals surface area contributed by atoms with E-state index in [1.54, 1.807) is 0 Å². The number of ether oxygens (including phenoxy) is 4. The molecule has 17 nitrogen and oxygen atoms in total. The number of aliphatic hydroxyl groups is 1. The van der Waals surface area contributed by atoms with Gasteiger partial charge in [0.25, 0.3) is 0 Å². The monoisotopic (exact) mass is 1420 g/mol. The van der Waals surface area contributed by atoms with Crippen LogP contribution in [0.2, 0.25) is 0 Å². The maximum atomic E-state index is 13.1. The number of rotatable bonds is 74. The molecule has 0 rings (SSSR count). The summed E-state index contributed by atoms with van der Waals surface area (Å²) in [4.78, 5) is 72.8. The van der Waals surface area contributed by atoms with Crippen LogP contribution in [0.5, 0.6) is 0 Å². The van der Waals surface area contributed by atoms with Gasteiger partial charge in [-0.1, -0.05) is 261 Å². The summed E-state index contributed by atoms with van der Waals surface area (Å²) >= 11 is 0. The molecule has 0 aliphatic rings. The molecule has 0 aromatic rings. The Labute approximate surface area is 596 Å². The van der Waals surface area contributed by atoms with Crippen LogP contribution in [-0.2, 0) is 65.4 Å². The molecule has 0 saturated carbocycles. The van der Waals surface area contributed by atoms with Crippen LogP contribution in [0.1, 0.15) is 349 Å². The second-order valence-electron chi connectivity index (χ2n) is 26.3. The normalized spacial score (nSPS) is 14.3. The van der Waals surface area contributed by atoms with Gasteiger partial charge in [0.1, 0.15) is 19.3 Å². The molecule has 98 heavy (non-hydrogen) atoms. The van der Waals surface area contributed by atoms with E-state index in [9.17, 15) is 43.2 Å². The Hall–Kier alpha value is -3.50. The third-order valence-electron chi connectivity index (χ3n) is 16.6. The predicted molar refractivity (Wildman–Crippen MR) is 400 cm³/mol. The molecule has 5 atom stereocenters. The summed E-state index contributed by atoms with van der Waals surface area (Å²) in [6, 6.07) is 0. The van der Waals surface area contributed by atoms with Crippen molar-refractivity contribution in [3.8, 4) is 0 Å². The molecular formula is C79H142O17P2. The van der Waals surface area contributed by atoms with Gasteiger partial charge in [0.15, 0.2) is 12.2 Å². The van der Waals surface area contributed by atoms with Crippen LogP contribution < -0.4 is 0 Å². The van der Waals surface area contributed by atoms with E-state index in [1.165, 1.54) is 96.3 Å². The molecule has 0 radical (unpaired) electrons. The van der Waals surface area contributed by atoms with Crippen LogP contribution in [-0.4, -0.2) is 96.7 Å². The van der Waals surface area contributed by atoms with Crippen molar-refractivity contribution in [1.82, 2.24) is 0 Å². The van der Waals surface area contributed by atoms with Crippen molar-refractivity contribution in [3.63, 3.8) is 0 Å². The number of carbonyl (C=O) groups is 4. The van der Waals surface area contributed by atoms with E-state index in [1.807, 2.05) is 0 Å². The first kappa shape index (κ1) is 94.5. The van der Waals surface area contributed by atoms with Crippen molar-refractivity contribution in [2.75, 3.05) is 39.6 Å². The van der Waals surface area contributed by atoms with Gasteiger partial charge in [-0.25, -0.2) is 9.13 Å². The first-order valence-electron chi connectivity index (χ1n) is 39.2. The molecule has 0 saturated heterocycles. The van der Waals surface area contributed by atoms with Gasteiger partial charge >= 0.3 is 39.5 Å². The van der Waals surface area contributed by atoms with E-state index in [2.05, 4.69) is 101 Å². The lowest BCUT2D eigenvalue weighted by Gasteiger charge is -2.21. The number of allylic oxidation sites excluding steroid dienone is 12. The number of phosphoric acid groups is 2. The average molecular weight is 1430 g/mol. The molecule has 3 N–H and O–H groups in total. The Bertz CT molecular complexity index is 2140. The van der Waals surface area contributed by atoms with Gasteiger partial charge in [0.2, 0.25) is 0 Å². The Kier molecular flexibility index (Phi) is 69.3. The highest BCUT2D eigenvalue weighted by Gasteiger charge is 2.30. The Morgan fingerprint density at radius 1 is 0.286 bits per heavy atom. The topological polar surface area (TPSA) is 237 Å².